The van der Waals surface area contributed by atoms with Gasteiger partial charge in [0.1, 0.15) is 5.65 Å². The van der Waals surface area contributed by atoms with E-state index in [0.717, 1.165) is 29.0 Å². The third-order valence-electron chi connectivity index (χ3n) is 5.72. The van der Waals surface area contributed by atoms with Crippen LogP contribution in [0, 0.1) is 34.5 Å². The summed E-state index contributed by atoms with van der Waals surface area (Å²) in [5.41, 5.74) is 0.797. The number of nitrogens with zero attached hydrogens (tertiary/aromatic N) is 2. The first-order valence-corrected chi connectivity index (χ1v) is 10.4. The van der Waals surface area contributed by atoms with Crippen LogP contribution in [0.2, 0.25) is 0 Å². The molecular formula is C26H19F5N2. The fourth-order valence-corrected chi connectivity index (χ4v) is 4.42. The van der Waals surface area contributed by atoms with Crippen LogP contribution in [-0.2, 0) is 6.42 Å². The molecule has 0 spiro atoms. The van der Waals surface area contributed by atoms with Gasteiger partial charge in [0.25, 0.3) is 0 Å². The molecule has 3 aromatic carbocycles. The number of hydrogen-bond donors (Lipinski definition) is 0. The topological polar surface area (TPSA) is 17.3 Å². The van der Waals surface area contributed by atoms with Crippen LogP contribution in [0.5, 0.6) is 0 Å². The first-order valence-electron chi connectivity index (χ1n) is 10.4. The molecule has 168 valence electrons. The molecule has 2 heterocycles. The maximum atomic E-state index is 14.7. The molecule has 0 saturated heterocycles. The highest BCUT2D eigenvalue weighted by atomic mass is 19.2. The Morgan fingerprint density at radius 3 is 2.00 bits per heavy atom. The Labute approximate surface area is 186 Å². The van der Waals surface area contributed by atoms with Gasteiger partial charge in [-0.3, -0.25) is 4.40 Å². The lowest BCUT2D eigenvalue weighted by Gasteiger charge is -2.19. The molecule has 0 aliphatic carbocycles. The van der Waals surface area contributed by atoms with Gasteiger partial charge in [0, 0.05) is 10.8 Å². The predicted molar refractivity (Wildman–Crippen MR) is 119 cm³/mol. The lowest BCUT2D eigenvalue weighted by Crippen LogP contribution is -2.09. The van der Waals surface area contributed by atoms with E-state index in [1.807, 2.05) is 30.3 Å². The first kappa shape index (κ1) is 21.4. The zero-order valence-electron chi connectivity index (χ0n) is 18.1. The summed E-state index contributed by atoms with van der Waals surface area (Å²) in [5.74, 6) is -9.95. The van der Waals surface area contributed by atoms with Crippen LogP contribution in [0.25, 0.3) is 38.6 Å². The van der Waals surface area contributed by atoms with Gasteiger partial charge in [0.05, 0.1) is 23.0 Å². The molecule has 5 rings (SSSR count). The van der Waals surface area contributed by atoms with E-state index in [2.05, 4.69) is 25.8 Å². The molecule has 0 atom stereocenters. The van der Waals surface area contributed by atoms with E-state index in [4.69, 9.17) is 0 Å². The largest absolute Gasteiger partial charge is 0.292 e. The van der Waals surface area contributed by atoms with Crippen molar-refractivity contribution < 1.29 is 22.0 Å². The fourth-order valence-electron chi connectivity index (χ4n) is 4.42. The molecule has 0 fully saturated rings. The summed E-state index contributed by atoms with van der Waals surface area (Å²) in [7, 11) is 0. The first-order chi connectivity index (χ1) is 15.6. The molecule has 0 amide bonds. The molecule has 0 saturated carbocycles. The second kappa shape index (κ2) is 7.27. The highest BCUT2D eigenvalue weighted by Crippen LogP contribution is 2.37. The Morgan fingerprint density at radius 1 is 0.758 bits per heavy atom. The maximum absolute atomic E-state index is 14.7. The second-order valence-electron chi connectivity index (χ2n) is 9.38. The second-order valence-corrected chi connectivity index (χ2v) is 9.38. The van der Waals surface area contributed by atoms with Crippen molar-refractivity contribution >= 4 is 27.3 Å². The predicted octanol–water partition coefficient (Wildman–Crippen LogP) is 7.59. The van der Waals surface area contributed by atoms with E-state index >= 15 is 0 Å². The minimum Gasteiger partial charge on any atom is -0.292 e. The number of fused-ring (bicyclic) bond motifs is 6. The summed E-state index contributed by atoms with van der Waals surface area (Å²) in [6.45, 7) is 6.36. The van der Waals surface area contributed by atoms with Gasteiger partial charge in [0.15, 0.2) is 23.3 Å². The van der Waals surface area contributed by atoms with Crippen molar-refractivity contribution in [2.45, 2.75) is 27.2 Å². The average Bonchev–Trinajstić information content (AvgIpc) is 3.20. The van der Waals surface area contributed by atoms with Crippen molar-refractivity contribution in [2.75, 3.05) is 0 Å². The SMILES string of the molecule is CC(C)(C)Cc1ccc2c(c1)c1ccccc1c1ncc(-c3c(F)c(F)c(F)c(F)c3F)n21. The molecule has 0 aliphatic heterocycles. The molecule has 2 aromatic heterocycles. The van der Waals surface area contributed by atoms with Crippen LogP contribution in [0.4, 0.5) is 22.0 Å². The number of hydrogen-bond acceptors (Lipinski definition) is 1. The van der Waals surface area contributed by atoms with Crippen molar-refractivity contribution in [1.29, 1.82) is 0 Å². The normalized spacial score (nSPS) is 12.4. The van der Waals surface area contributed by atoms with Crippen molar-refractivity contribution in [3.05, 3.63) is 83.3 Å². The Bertz CT molecular complexity index is 1550. The number of halogens is 5. The van der Waals surface area contributed by atoms with Crippen LogP contribution in [0.1, 0.15) is 26.3 Å². The van der Waals surface area contributed by atoms with Crippen LogP contribution in [0.3, 0.4) is 0 Å². The van der Waals surface area contributed by atoms with Gasteiger partial charge >= 0.3 is 0 Å². The lowest BCUT2D eigenvalue weighted by atomic mass is 9.87. The smallest absolute Gasteiger partial charge is 0.200 e. The zero-order valence-corrected chi connectivity index (χ0v) is 18.1. The molecule has 5 aromatic rings. The number of imidazole rings is 1. The number of benzene rings is 3. The summed E-state index contributed by atoms with van der Waals surface area (Å²) in [4.78, 5) is 4.31. The average molecular weight is 454 g/mol. The number of rotatable bonds is 2. The Kier molecular flexibility index (Phi) is 4.71. The van der Waals surface area contributed by atoms with E-state index in [1.54, 1.807) is 12.1 Å². The Morgan fingerprint density at radius 2 is 1.36 bits per heavy atom. The van der Waals surface area contributed by atoms with Crippen molar-refractivity contribution in [2.24, 2.45) is 5.41 Å². The monoisotopic (exact) mass is 454 g/mol. The molecule has 0 unspecified atom stereocenters. The standard InChI is InChI=1S/C26H19F5N2/c1-26(2,3)11-13-8-9-17-16(10-13)14-6-4-5-7-15(14)25-32-12-18(33(17)25)19-20(27)22(29)24(31)23(30)21(19)28/h4-10,12H,11H2,1-3H3. The number of aromatic nitrogens is 2. The van der Waals surface area contributed by atoms with Crippen LogP contribution in [0.15, 0.2) is 48.7 Å². The van der Waals surface area contributed by atoms with Crippen LogP contribution in [-0.4, -0.2) is 9.38 Å². The van der Waals surface area contributed by atoms with Gasteiger partial charge < -0.3 is 0 Å². The van der Waals surface area contributed by atoms with E-state index in [-0.39, 0.29) is 11.1 Å². The minimum absolute atomic E-state index is 0.0309. The maximum Gasteiger partial charge on any atom is 0.200 e. The third kappa shape index (κ3) is 3.25. The van der Waals surface area contributed by atoms with Gasteiger partial charge in [-0.05, 0) is 34.9 Å². The molecule has 0 bridgehead atoms. The molecule has 33 heavy (non-hydrogen) atoms. The zero-order chi connectivity index (χ0) is 23.7. The minimum atomic E-state index is -2.19. The van der Waals surface area contributed by atoms with Gasteiger partial charge in [-0.2, -0.15) is 0 Å². The highest BCUT2D eigenvalue weighted by Gasteiger charge is 2.29. The summed E-state index contributed by atoms with van der Waals surface area (Å²) < 4.78 is 72.5. The van der Waals surface area contributed by atoms with Gasteiger partial charge in [-0.15, -0.1) is 0 Å². The Balaban J connectivity index is 1.93. The molecule has 0 aliphatic rings. The molecular weight excluding hydrogens is 435 g/mol. The Hall–Kier alpha value is -3.48. The van der Waals surface area contributed by atoms with Crippen molar-refractivity contribution in [3.8, 4) is 11.3 Å². The van der Waals surface area contributed by atoms with Crippen molar-refractivity contribution in [1.82, 2.24) is 9.38 Å². The van der Waals surface area contributed by atoms with E-state index in [1.165, 1.54) is 4.40 Å². The lowest BCUT2D eigenvalue weighted by molar-refractivity contribution is 0.381. The third-order valence-corrected chi connectivity index (χ3v) is 5.72. The number of pyridine rings is 1. The molecule has 7 heteroatoms. The summed E-state index contributed by atoms with van der Waals surface area (Å²) in [5, 5.41) is 2.38. The summed E-state index contributed by atoms with van der Waals surface area (Å²) in [6, 6.07) is 13.1. The fraction of sp³-hybridized carbons (Fsp3) is 0.192. The summed E-state index contributed by atoms with van der Waals surface area (Å²) in [6.07, 6.45) is 1.94. The molecule has 0 radical (unpaired) electrons. The summed E-state index contributed by atoms with van der Waals surface area (Å²) >= 11 is 0. The molecule has 0 N–H and O–H groups in total. The van der Waals surface area contributed by atoms with Gasteiger partial charge in [-0.1, -0.05) is 51.1 Å². The van der Waals surface area contributed by atoms with Gasteiger partial charge in [-0.25, -0.2) is 26.9 Å². The van der Waals surface area contributed by atoms with Gasteiger partial charge in [0.2, 0.25) is 5.82 Å². The molecule has 2 nitrogen and oxygen atoms in total. The van der Waals surface area contributed by atoms with E-state index < -0.39 is 34.6 Å². The highest BCUT2D eigenvalue weighted by molar-refractivity contribution is 6.12. The van der Waals surface area contributed by atoms with Crippen LogP contribution < -0.4 is 0 Å². The quantitative estimate of drug-likeness (QED) is 0.116. The van der Waals surface area contributed by atoms with Crippen molar-refractivity contribution in [3.63, 3.8) is 0 Å². The van der Waals surface area contributed by atoms with E-state index in [0.29, 0.717) is 16.6 Å². The van der Waals surface area contributed by atoms with E-state index in [9.17, 15) is 22.0 Å². The van der Waals surface area contributed by atoms with Crippen LogP contribution >= 0.6 is 0 Å².